The van der Waals surface area contributed by atoms with Gasteiger partial charge in [-0.3, -0.25) is 9.69 Å². The van der Waals surface area contributed by atoms with Crippen molar-refractivity contribution in [3.05, 3.63) is 29.3 Å². The van der Waals surface area contributed by atoms with Crippen molar-refractivity contribution in [2.75, 3.05) is 33.4 Å². The van der Waals surface area contributed by atoms with Crippen LogP contribution < -0.4 is 4.74 Å². The quantitative estimate of drug-likeness (QED) is 0.652. The van der Waals surface area contributed by atoms with E-state index in [0.29, 0.717) is 30.9 Å². The number of aliphatic hydroxyl groups excluding tert-OH is 2. The molecule has 5 nitrogen and oxygen atoms in total. The van der Waals surface area contributed by atoms with Gasteiger partial charge in [0.05, 0.1) is 20.3 Å². The predicted octanol–water partition coefficient (Wildman–Crippen LogP) is 0.294. The fourth-order valence-electron chi connectivity index (χ4n) is 1.79. The Morgan fingerprint density at radius 1 is 1.28 bits per heavy atom. The molecule has 1 aromatic carbocycles. The third kappa shape index (κ3) is 4.10. The zero-order chi connectivity index (χ0) is 13.4. The Labute approximate surface area is 107 Å². The largest absolute Gasteiger partial charge is 0.496 e. The zero-order valence-corrected chi connectivity index (χ0v) is 10.5. The molecule has 0 amide bonds. The van der Waals surface area contributed by atoms with E-state index in [1.165, 1.54) is 0 Å². The first-order chi connectivity index (χ1) is 8.74. The van der Waals surface area contributed by atoms with E-state index in [9.17, 15) is 4.79 Å². The first kappa shape index (κ1) is 14.6. The SMILES string of the molecule is COc1ccc(C=O)cc1CN(CCO)CCO. The van der Waals surface area contributed by atoms with E-state index in [0.717, 1.165) is 11.8 Å². The molecule has 2 N–H and O–H groups in total. The molecule has 100 valence electrons. The van der Waals surface area contributed by atoms with Crippen LogP contribution >= 0.6 is 0 Å². The first-order valence-corrected chi connectivity index (χ1v) is 5.81. The molecule has 1 rings (SSSR count). The van der Waals surface area contributed by atoms with Gasteiger partial charge in [-0.15, -0.1) is 0 Å². The van der Waals surface area contributed by atoms with Crippen molar-refractivity contribution in [3.8, 4) is 5.75 Å². The maximum Gasteiger partial charge on any atom is 0.150 e. The summed E-state index contributed by atoms with van der Waals surface area (Å²) in [7, 11) is 1.57. The van der Waals surface area contributed by atoms with Crippen molar-refractivity contribution in [1.29, 1.82) is 0 Å². The van der Waals surface area contributed by atoms with Crippen molar-refractivity contribution < 1.29 is 19.7 Å². The highest BCUT2D eigenvalue weighted by Crippen LogP contribution is 2.21. The fraction of sp³-hybridized carbons (Fsp3) is 0.462. The molecular formula is C13H19NO4. The molecule has 0 fully saturated rings. The Kier molecular flexibility index (Phi) is 6.35. The molecule has 0 saturated carbocycles. The van der Waals surface area contributed by atoms with Gasteiger partial charge in [-0.2, -0.15) is 0 Å². The first-order valence-electron chi connectivity index (χ1n) is 5.81. The fourth-order valence-corrected chi connectivity index (χ4v) is 1.79. The van der Waals surface area contributed by atoms with E-state index < -0.39 is 0 Å². The lowest BCUT2D eigenvalue weighted by Crippen LogP contribution is -2.29. The third-order valence-corrected chi connectivity index (χ3v) is 2.67. The summed E-state index contributed by atoms with van der Waals surface area (Å²) < 4.78 is 5.23. The topological polar surface area (TPSA) is 70.0 Å². The molecule has 0 spiro atoms. The van der Waals surface area contributed by atoms with Gasteiger partial charge < -0.3 is 14.9 Å². The minimum absolute atomic E-state index is 0.0235. The summed E-state index contributed by atoms with van der Waals surface area (Å²) in [5, 5.41) is 17.9. The number of methoxy groups -OCH3 is 1. The summed E-state index contributed by atoms with van der Waals surface area (Å²) in [6, 6.07) is 5.19. The molecule has 0 atom stereocenters. The summed E-state index contributed by atoms with van der Waals surface area (Å²) in [6.07, 6.45) is 0.783. The molecule has 0 aliphatic heterocycles. The van der Waals surface area contributed by atoms with E-state index in [1.807, 2.05) is 4.90 Å². The van der Waals surface area contributed by atoms with Crippen LogP contribution in [-0.4, -0.2) is 54.8 Å². The van der Waals surface area contributed by atoms with Crippen LogP contribution in [0.5, 0.6) is 5.75 Å². The molecule has 0 aliphatic rings. The number of hydrogen-bond donors (Lipinski definition) is 2. The minimum Gasteiger partial charge on any atom is -0.496 e. The summed E-state index contributed by atoms with van der Waals surface area (Å²) in [5.41, 5.74) is 1.45. The lowest BCUT2D eigenvalue weighted by Gasteiger charge is -2.21. The van der Waals surface area contributed by atoms with Crippen molar-refractivity contribution in [2.24, 2.45) is 0 Å². The highest BCUT2D eigenvalue weighted by molar-refractivity contribution is 5.75. The lowest BCUT2D eigenvalue weighted by molar-refractivity contribution is 0.112. The average Bonchev–Trinajstić information content (AvgIpc) is 2.39. The second-order valence-corrected chi connectivity index (χ2v) is 3.91. The molecule has 1 aromatic rings. The van der Waals surface area contributed by atoms with Gasteiger partial charge in [0.2, 0.25) is 0 Å². The van der Waals surface area contributed by atoms with E-state index >= 15 is 0 Å². The predicted molar refractivity (Wildman–Crippen MR) is 67.8 cm³/mol. The van der Waals surface area contributed by atoms with Gasteiger partial charge in [-0.25, -0.2) is 0 Å². The molecular weight excluding hydrogens is 234 g/mol. The Balaban J connectivity index is 2.87. The maximum atomic E-state index is 10.8. The van der Waals surface area contributed by atoms with Gasteiger partial charge in [0.1, 0.15) is 12.0 Å². The van der Waals surface area contributed by atoms with Crippen LogP contribution in [0.15, 0.2) is 18.2 Å². The van der Waals surface area contributed by atoms with Gasteiger partial charge in [-0.1, -0.05) is 0 Å². The number of nitrogens with zero attached hydrogens (tertiary/aromatic N) is 1. The van der Waals surface area contributed by atoms with E-state index in [2.05, 4.69) is 0 Å². The van der Waals surface area contributed by atoms with E-state index in [4.69, 9.17) is 14.9 Å². The number of aldehydes is 1. The van der Waals surface area contributed by atoms with Crippen LogP contribution in [0, 0.1) is 0 Å². The summed E-state index contributed by atoms with van der Waals surface area (Å²) in [4.78, 5) is 12.7. The molecule has 0 heterocycles. The van der Waals surface area contributed by atoms with Gasteiger partial charge in [-0.05, 0) is 18.2 Å². The number of carbonyl (C=O) groups excluding carboxylic acids is 1. The molecule has 5 heteroatoms. The molecule has 0 aliphatic carbocycles. The van der Waals surface area contributed by atoms with Gasteiger partial charge in [0, 0.05) is 30.8 Å². The number of ether oxygens (including phenoxy) is 1. The van der Waals surface area contributed by atoms with Crippen molar-refractivity contribution in [2.45, 2.75) is 6.54 Å². The van der Waals surface area contributed by atoms with Gasteiger partial charge >= 0.3 is 0 Å². The van der Waals surface area contributed by atoms with Crippen molar-refractivity contribution in [1.82, 2.24) is 4.90 Å². The molecule has 0 radical (unpaired) electrons. The Morgan fingerprint density at radius 2 is 1.94 bits per heavy atom. The Hall–Kier alpha value is -1.43. The van der Waals surface area contributed by atoms with Crippen molar-refractivity contribution >= 4 is 6.29 Å². The monoisotopic (exact) mass is 253 g/mol. The molecule has 0 aromatic heterocycles. The van der Waals surface area contributed by atoms with E-state index in [-0.39, 0.29) is 13.2 Å². The lowest BCUT2D eigenvalue weighted by atomic mass is 10.1. The van der Waals surface area contributed by atoms with Crippen LogP contribution in [0.4, 0.5) is 0 Å². The smallest absolute Gasteiger partial charge is 0.150 e. The number of benzene rings is 1. The Morgan fingerprint density at radius 3 is 2.44 bits per heavy atom. The minimum atomic E-state index is 0.0235. The van der Waals surface area contributed by atoms with Crippen LogP contribution in [0.1, 0.15) is 15.9 Å². The van der Waals surface area contributed by atoms with Gasteiger partial charge in [0.15, 0.2) is 0 Å². The average molecular weight is 253 g/mol. The highest BCUT2D eigenvalue weighted by Gasteiger charge is 2.10. The number of rotatable bonds is 8. The number of hydrogen-bond acceptors (Lipinski definition) is 5. The van der Waals surface area contributed by atoms with E-state index in [1.54, 1.807) is 25.3 Å². The summed E-state index contributed by atoms with van der Waals surface area (Å²) in [6.45, 7) is 1.50. The molecule has 0 unspecified atom stereocenters. The third-order valence-electron chi connectivity index (χ3n) is 2.67. The second kappa shape index (κ2) is 7.81. The van der Waals surface area contributed by atoms with Crippen LogP contribution in [-0.2, 0) is 6.54 Å². The zero-order valence-electron chi connectivity index (χ0n) is 10.5. The number of aliphatic hydroxyl groups is 2. The van der Waals surface area contributed by atoms with Crippen molar-refractivity contribution in [3.63, 3.8) is 0 Å². The maximum absolute atomic E-state index is 10.8. The number of carbonyl (C=O) groups is 1. The molecule has 0 bridgehead atoms. The summed E-state index contributed by atoms with van der Waals surface area (Å²) >= 11 is 0. The van der Waals surface area contributed by atoms with Crippen LogP contribution in [0.3, 0.4) is 0 Å². The van der Waals surface area contributed by atoms with Gasteiger partial charge in [0.25, 0.3) is 0 Å². The standard InChI is InChI=1S/C13H19NO4/c1-18-13-3-2-11(10-17)8-12(13)9-14(4-6-15)5-7-16/h2-3,8,10,15-16H,4-7,9H2,1H3. The second-order valence-electron chi connectivity index (χ2n) is 3.91. The highest BCUT2D eigenvalue weighted by atomic mass is 16.5. The normalized spacial score (nSPS) is 10.7. The molecule has 18 heavy (non-hydrogen) atoms. The summed E-state index contributed by atoms with van der Waals surface area (Å²) in [5.74, 6) is 0.696. The Bertz CT molecular complexity index is 375. The van der Waals surface area contributed by atoms with Crippen LogP contribution in [0.2, 0.25) is 0 Å². The van der Waals surface area contributed by atoms with Crippen LogP contribution in [0.25, 0.3) is 0 Å². The molecule has 0 saturated heterocycles.